The van der Waals surface area contributed by atoms with E-state index in [1.54, 1.807) is 6.21 Å². The van der Waals surface area contributed by atoms with Crippen LogP contribution in [0.2, 0.25) is 0 Å². The summed E-state index contributed by atoms with van der Waals surface area (Å²) in [7, 11) is 0. The van der Waals surface area contributed by atoms with E-state index in [9.17, 15) is 5.11 Å². The van der Waals surface area contributed by atoms with Gasteiger partial charge >= 0.3 is 0 Å². The predicted molar refractivity (Wildman–Crippen MR) is 85.9 cm³/mol. The van der Waals surface area contributed by atoms with Gasteiger partial charge in [-0.2, -0.15) is 5.10 Å². The summed E-state index contributed by atoms with van der Waals surface area (Å²) in [6.45, 7) is 2.04. The predicted octanol–water partition coefficient (Wildman–Crippen LogP) is 4.36. The fourth-order valence-corrected chi connectivity index (χ4v) is 2.89. The van der Waals surface area contributed by atoms with Crippen LogP contribution in [0, 0.1) is 6.92 Å². The van der Waals surface area contributed by atoms with Gasteiger partial charge in [-0.3, -0.25) is 5.43 Å². The van der Waals surface area contributed by atoms with Gasteiger partial charge in [0.25, 0.3) is 0 Å². The molecule has 0 fully saturated rings. The second-order valence-electron chi connectivity index (χ2n) is 4.55. The van der Waals surface area contributed by atoms with Gasteiger partial charge in [-0.1, -0.05) is 47.2 Å². The number of rotatable bonds is 3. The maximum absolute atomic E-state index is 9.97. The van der Waals surface area contributed by atoms with Crippen molar-refractivity contribution in [3.63, 3.8) is 0 Å². The molecule has 1 heterocycles. The van der Waals surface area contributed by atoms with Crippen molar-refractivity contribution in [3.8, 4) is 5.06 Å². The topological polar surface area (TPSA) is 44.6 Å². The fraction of sp³-hybridized carbons (Fsp3) is 0.0625. The van der Waals surface area contributed by atoms with E-state index in [2.05, 4.69) is 10.5 Å². The Bertz CT molecular complexity index is 760. The average Bonchev–Trinajstić information content (AvgIpc) is 2.77. The normalized spacial score (nSPS) is 11.2. The number of nitrogens with zero attached hydrogens (tertiary/aromatic N) is 1. The summed E-state index contributed by atoms with van der Waals surface area (Å²) in [6, 6.07) is 15.9. The highest BCUT2D eigenvalue weighted by Crippen LogP contribution is 2.35. The smallest absolute Gasteiger partial charge is 0.181 e. The molecule has 3 nitrogen and oxygen atoms in total. The molecule has 0 unspecified atom stereocenters. The van der Waals surface area contributed by atoms with E-state index in [0.29, 0.717) is 5.06 Å². The monoisotopic (exact) mass is 282 g/mol. The van der Waals surface area contributed by atoms with E-state index in [0.717, 1.165) is 21.3 Å². The lowest BCUT2D eigenvalue weighted by atomic mass is 10.2. The lowest BCUT2D eigenvalue weighted by Crippen LogP contribution is -1.90. The molecule has 0 spiro atoms. The number of hydrazone groups is 1. The van der Waals surface area contributed by atoms with Crippen LogP contribution in [0.3, 0.4) is 0 Å². The van der Waals surface area contributed by atoms with Gasteiger partial charge in [0.05, 0.1) is 17.5 Å². The molecule has 100 valence electrons. The molecule has 2 N–H and O–H groups in total. The summed E-state index contributed by atoms with van der Waals surface area (Å²) >= 11 is 1.36. The second-order valence-corrected chi connectivity index (χ2v) is 5.58. The molecular weight excluding hydrogens is 268 g/mol. The molecule has 0 saturated carbocycles. The van der Waals surface area contributed by atoms with Gasteiger partial charge in [0.15, 0.2) is 5.06 Å². The van der Waals surface area contributed by atoms with Gasteiger partial charge in [-0.05, 0) is 25.1 Å². The second kappa shape index (κ2) is 5.35. The Morgan fingerprint density at radius 1 is 1.10 bits per heavy atom. The van der Waals surface area contributed by atoms with Crippen LogP contribution < -0.4 is 5.43 Å². The quantitative estimate of drug-likeness (QED) is 0.553. The minimum absolute atomic E-state index is 0.292. The molecule has 0 atom stereocenters. The van der Waals surface area contributed by atoms with Gasteiger partial charge < -0.3 is 5.11 Å². The summed E-state index contributed by atoms with van der Waals surface area (Å²) in [5, 5.41) is 15.5. The van der Waals surface area contributed by atoms with Gasteiger partial charge in [-0.15, -0.1) is 0 Å². The van der Waals surface area contributed by atoms with Gasteiger partial charge in [0, 0.05) is 10.1 Å². The highest BCUT2D eigenvalue weighted by molar-refractivity contribution is 7.21. The van der Waals surface area contributed by atoms with Crippen molar-refractivity contribution in [1.29, 1.82) is 0 Å². The van der Waals surface area contributed by atoms with E-state index in [1.807, 2.05) is 55.5 Å². The molecule has 0 bridgehead atoms. The number of aromatic hydroxyl groups is 1. The van der Waals surface area contributed by atoms with Crippen LogP contribution >= 0.6 is 11.3 Å². The third kappa shape index (κ3) is 2.51. The van der Waals surface area contributed by atoms with Crippen LogP contribution in [0.5, 0.6) is 5.06 Å². The van der Waals surface area contributed by atoms with Gasteiger partial charge in [0.1, 0.15) is 0 Å². The van der Waals surface area contributed by atoms with Crippen molar-refractivity contribution in [2.75, 3.05) is 5.43 Å². The Balaban J connectivity index is 1.84. The zero-order valence-electron chi connectivity index (χ0n) is 11.0. The highest BCUT2D eigenvalue weighted by atomic mass is 32.1. The van der Waals surface area contributed by atoms with Crippen LogP contribution in [0.15, 0.2) is 53.6 Å². The number of aryl methyl sites for hydroxylation is 1. The van der Waals surface area contributed by atoms with Crippen LogP contribution in [0.4, 0.5) is 5.69 Å². The maximum atomic E-state index is 9.97. The Morgan fingerprint density at radius 3 is 2.65 bits per heavy atom. The fourth-order valence-electron chi connectivity index (χ4n) is 1.98. The Labute approximate surface area is 121 Å². The first-order valence-corrected chi connectivity index (χ1v) is 7.12. The van der Waals surface area contributed by atoms with E-state index in [4.69, 9.17) is 0 Å². The van der Waals surface area contributed by atoms with Gasteiger partial charge in [-0.25, -0.2) is 0 Å². The molecule has 3 rings (SSSR count). The largest absolute Gasteiger partial charge is 0.499 e. The summed E-state index contributed by atoms with van der Waals surface area (Å²) in [4.78, 5) is 0. The number of thiophene rings is 1. The van der Waals surface area contributed by atoms with Crippen LogP contribution in [-0.2, 0) is 0 Å². The number of hydrogen-bond acceptors (Lipinski definition) is 4. The summed E-state index contributed by atoms with van der Waals surface area (Å²) in [6.07, 6.45) is 1.66. The summed E-state index contributed by atoms with van der Waals surface area (Å²) in [5.74, 6) is 0. The van der Waals surface area contributed by atoms with Crippen LogP contribution in [0.25, 0.3) is 10.1 Å². The van der Waals surface area contributed by atoms with Gasteiger partial charge in [0.2, 0.25) is 0 Å². The first-order chi connectivity index (χ1) is 9.74. The zero-order chi connectivity index (χ0) is 13.9. The number of anilines is 1. The summed E-state index contributed by atoms with van der Waals surface area (Å²) in [5.41, 5.74) is 5.85. The molecule has 0 aliphatic heterocycles. The Hall–Kier alpha value is -2.33. The average molecular weight is 282 g/mol. The maximum Gasteiger partial charge on any atom is 0.181 e. The molecule has 0 amide bonds. The van der Waals surface area contributed by atoms with E-state index in [-0.39, 0.29) is 0 Å². The van der Waals surface area contributed by atoms with E-state index >= 15 is 0 Å². The van der Waals surface area contributed by atoms with Crippen molar-refractivity contribution in [2.24, 2.45) is 5.10 Å². The minimum Gasteiger partial charge on any atom is -0.499 e. The molecule has 0 radical (unpaired) electrons. The molecule has 0 aliphatic carbocycles. The first kappa shape index (κ1) is 12.7. The third-order valence-electron chi connectivity index (χ3n) is 3.05. The molecular formula is C16H14N2OS. The van der Waals surface area contributed by atoms with Crippen molar-refractivity contribution in [2.45, 2.75) is 6.92 Å². The lowest BCUT2D eigenvalue weighted by molar-refractivity contribution is 0.490. The molecule has 2 aromatic carbocycles. The Morgan fingerprint density at radius 2 is 1.85 bits per heavy atom. The molecule has 3 aromatic rings. The summed E-state index contributed by atoms with van der Waals surface area (Å²) < 4.78 is 1.06. The molecule has 0 saturated heterocycles. The third-order valence-corrected chi connectivity index (χ3v) is 4.04. The SMILES string of the molecule is Cc1ccc(NN=Cc2c(O)sc3ccccc23)cc1. The van der Waals surface area contributed by atoms with Crippen molar-refractivity contribution >= 4 is 33.3 Å². The van der Waals surface area contributed by atoms with Crippen LogP contribution in [-0.4, -0.2) is 11.3 Å². The molecule has 1 aromatic heterocycles. The lowest BCUT2D eigenvalue weighted by Gasteiger charge is -2.00. The van der Waals surface area contributed by atoms with E-state index in [1.165, 1.54) is 16.9 Å². The van der Waals surface area contributed by atoms with Crippen LogP contribution in [0.1, 0.15) is 11.1 Å². The van der Waals surface area contributed by atoms with Crippen molar-refractivity contribution < 1.29 is 5.11 Å². The van der Waals surface area contributed by atoms with Crippen molar-refractivity contribution in [3.05, 3.63) is 59.7 Å². The molecule has 20 heavy (non-hydrogen) atoms. The van der Waals surface area contributed by atoms with E-state index < -0.39 is 0 Å². The highest BCUT2D eigenvalue weighted by Gasteiger charge is 2.08. The minimum atomic E-state index is 0.292. The number of hydrogen-bond donors (Lipinski definition) is 2. The zero-order valence-corrected chi connectivity index (χ0v) is 11.8. The molecule has 4 heteroatoms. The standard InChI is InChI=1S/C16H14N2OS/c1-11-6-8-12(9-7-11)18-17-10-14-13-4-2-3-5-15(13)20-16(14)19/h2-10,18-19H,1H3. The number of nitrogens with one attached hydrogen (secondary N) is 1. The number of benzene rings is 2. The molecule has 0 aliphatic rings. The first-order valence-electron chi connectivity index (χ1n) is 6.30. The van der Waals surface area contributed by atoms with Crippen molar-refractivity contribution in [1.82, 2.24) is 0 Å². The Kier molecular flexibility index (Phi) is 3.39. The number of fused-ring (bicyclic) bond motifs is 1.